The minimum Gasteiger partial charge on any atom is -0.495 e. The smallest absolute Gasteiger partial charge is 0.161 e. The number of methoxy groups -OCH3 is 2. The first-order chi connectivity index (χ1) is 10.7. The zero-order valence-corrected chi connectivity index (χ0v) is 13.6. The molecule has 0 unspecified atom stereocenters. The maximum absolute atomic E-state index is 5.53. The molecule has 2 aromatic carbocycles. The molecule has 0 heterocycles. The number of nitrogens with one attached hydrogen (secondary N) is 1. The van der Waals surface area contributed by atoms with Gasteiger partial charge in [0.15, 0.2) is 11.5 Å². The summed E-state index contributed by atoms with van der Waals surface area (Å²) in [5.41, 5.74) is 3.28. The molecule has 0 aromatic heterocycles. The second-order valence-corrected chi connectivity index (χ2v) is 4.98. The molecule has 0 aliphatic rings. The Labute approximate surface area is 132 Å². The first-order valence-electron chi connectivity index (χ1n) is 7.36. The van der Waals surface area contributed by atoms with Crippen molar-refractivity contribution in [3.63, 3.8) is 0 Å². The van der Waals surface area contributed by atoms with E-state index in [4.69, 9.17) is 14.2 Å². The molecule has 0 aliphatic carbocycles. The highest BCUT2D eigenvalue weighted by Crippen LogP contribution is 2.29. The Balaban J connectivity index is 2.13. The number of benzene rings is 2. The molecular formula is C18H23NO3. The van der Waals surface area contributed by atoms with Crippen LogP contribution in [0, 0.1) is 6.92 Å². The molecule has 4 nitrogen and oxygen atoms in total. The first-order valence-corrected chi connectivity index (χ1v) is 7.36. The van der Waals surface area contributed by atoms with Gasteiger partial charge in [-0.3, -0.25) is 0 Å². The van der Waals surface area contributed by atoms with E-state index >= 15 is 0 Å². The highest BCUT2D eigenvalue weighted by atomic mass is 16.5. The zero-order valence-electron chi connectivity index (χ0n) is 13.6. The summed E-state index contributed by atoms with van der Waals surface area (Å²) in [7, 11) is 3.33. The van der Waals surface area contributed by atoms with E-state index in [9.17, 15) is 0 Å². The molecule has 0 aliphatic heterocycles. The van der Waals surface area contributed by atoms with Gasteiger partial charge in [0.05, 0.1) is 26.5 Å². The number of aryl methyl sites for hydroxylation is 1. The van der Waals surface area contributed by atoms with Crippen molar-refractivity contribution in [1.82, 2.24) is 0 Å². The molecule has 0 fully saturated rings. The van der Waals surface area contributed by atoms with E-state index in [-0.39, 0.29) is 0 Å². The number of hydrogen-bond acceptors (Lipinski definition) is 4. The Hall–Kier alpha value is -2.36. The fourth-order valence-electron chi connectivity index (χ4n) is 2.25. The molecule has 2 rings (SSSR count). The number of rotatable bonds is 7. The van der Waals surface area contributed by atoms with Crippen LogP contribution in [0.5, 0.6) is 17.2 Å². The maximum atomic E-state index is 5.53. The quantitative estimate of drug-likeness (QED) is 0.838. The normalized spacial score (nSPS) is 10.2. The standard InChI is InChI=1S/C18H23NO3/c1-5-22-17-9-7-14(11-18(17)21-4)12-19-15-10-13(2)6-8-16(15)20-3/h6-11,19H,5,12H2,1-4H3. The topological polar surface area (TPSA) is 39.7 Å². The second kappa shape index (κ2) is 7.59. The van der Waals surface area contributed by atoms with Crippen LogP contribution >= 0.6 is 0 Å². The average molecular weight is 301 g/mol. The molecule has 0 spiro atoms. The Morgan fingerprint density at radius 3 is 2.32 bits per heavy atom. The van der Waals surface area contributed by atoms with Gasteiger partial charge in [-0.2, -0.15) is 0 Å². The molecule has 1 N–H and O–H groups in total. The van der Waals surface area contributed by atoms with Gasteiger partial charge >= 0.3 is 0 Å². The van der Waals surface area contributed by atoms with E-state index in [1.807, 2.05) is 37.3 Å². The van der Waals surface area contributed by atoms with Crippen LogP contribution < -0.4 is 19.5 Å². The van der Waals surface area contributed by atoms with Crippen LogP contribution in [0.3, 0.4) is 0 Å². The Bertz CT molecular complexity index is 626. The summed E-state index contributed by atoms with van der Waals surface area (Å²) in [6.45, 7) is 5.32. The highest BCUT2D eigenvalue weighted by Gasteiger charge is 2.07. The van der Waals surface area contributed by atoms with Crippen molar-refractivity contribution in [3.8, 4) is 17.2 Å². The Kier molecular flexibility index (Phi) is 5.53. The Morgan fingerprint density at radius 1 is 0.909 bits per heavy atom. The van der Waals surface area contributed by atoms with Crippen LogP contribution in [-0.2, 0) is 6.54 Å². The largest absolute Gasteiger partial charge is 0.495 e. The minimum absolute atomic E-state index is 0.619. The van der Waals surface area contributed by atoms with Crippen LogP contribution in [0.15, 0.2) is 36.4 Å². The van der Waals surface area contributed by atoms with Gasteiger partial charge in [0.1, 0.15) is 5.75 Å². The SMILES string of the molecule is CCOc1ccc(CNc2cc(C)ccc2OC)cc1OC. The van der Waals surface area contributed by atoms with Crippen molar-refractivity contribution in [2.45, 2.75) is 20.4 Å². The molecule has 0 radical (unpaired) electrons. The molecule has 0 amide bonds. The summed E-state index contributed by atoms with van der Waals surface area (Å²) in [6, 6.07) is 12.0. The van der Waals surface area contributed by atoms with Gasteiger partial charge in [-0.1, -0.05) is 12.1 Å². The molecular weight excluding hydrogens is 278 g/mol. The highest BCUT2D eigenvalue weighted by molar-refractivity contribution is 5.58. The lowest BCUT2D eigenvalue weighted by Crippen LogP contribution is -2.03. The van der Waals surface area contributed by atoms with Crippen LogP contribution in [0.2, 0.25) is 0 Å². The lowest BCUT2D eigenvalue weighted by molar-refractivity contribution is 0.310. The van der Waals surface area contributed by atoms with Crippen LogP contribution in [0.1, 0.15) is 18.1 Å². The lowest BCUT2D eigenvalue weighted by atomic mass is 10.1. The molecule has 2 aromatic rings. The van der Waals surface area contributed by atoms with Crippen LogP contribution in [0.4, 0.5) is 5.69 Å². The van der Waals surface area contributed by atoms with Gasteiger partial charge in [-0.15, -0.1) is 0 Å². The van der Waals surface area contributed by atoms with Crippen LogP contribution in [0.25, 0.3) is 0 Å². The molecule has 22 heavy (non-hydrogen) atoms. The van der Waals surface area contributed by atoms with E-state index in [2.05, 4.69) is 18.3 Å². The van der Waals surface area contributed by atoms with Gasteiger partial charge in [0.25, 0.3) is 0 Å². The van der Waals surface area contributed by atoms with E-state index in [0.717, 1.165) is 28.5 Å². The van der Waals surface area contributed by atoms with Crippen LogP contribution in [-0.4, -0.2) is 20.8 Å². The number of anilines is 1. The van der Waals surface area contributed by atoms with Gasteiger partial charge in [0.2, 0.25) is 0 Å². The van der Waals surface area contributed by atoms with Crippen molar-refractivity contribution in [1.29, 1.82) is 0 Å². The minimum atomic E-state index is 0.619. The van der Waals surface area contributed by atoms with Crippen molar-refractivity contribution in [3.05, 3.63) is 47.5 Å². The van der Waals surface area contributed by atoms with E-state index in [0.29, 0.717) is 13.2 Å². The van der Waals surface area contributed by atoms with Crippen molar-refractivity contribution in [2.24, 2.45) is 0 Å². The van der Waals surface area contributed by atoms with Gasteiger partial charge in [-0.25, -0.2) is 0 Å². The summed E-state index contributed by atoms with van der Waals surface area (Å²) in [5, 5.41) is 3.40. The second-order valence-electron chi connectivity index (χ2n) is 4.98. The fraction of sp³-hybridized carbons (Fsp3) is 0.333. The maximum Gasteiger partial charge on any atom is 0.161 e. The summed E-state index contributed by atoms with van der Waals surface area (Å²) in [6.07, 6.45) is 0. The van der Waals surface area contributed by atoms with Crippen molar-refractivity contribution < 1.29 is 14.2 Å². The molecule has 118 valence electrons. The third-order valence-electron chi connectivity index (χ3n) is 3.37. The third kappa shape index (κ3) is 3.85. The van der Waals surface area contributed by atoms with E-state index in [1.165, 1.54) is 5.56 Å². The molecule has 4 heteroatoms. The summed E-state index contributed by atoms with van der Waals surface area (Å²) in [5.74, 6) is 2.35. The first kappa shape index (κ1) is 16.0. The molecule has 0 bridgehead atoms. The van der Waals surface area contributed by atoms with Crippen molar-refractivity contribution >= 4 is 5.69 Å². The predicted octanol–water partition coefficient (Wildman–Crippen LogP) is 4.02. The van der Waals surface area contributed by atoms with E-state index < -0.39 is 0 Å². The predicted molar refractivity (Wildman–Crippen MR) is 89.2 cm³/mol. The number of hydrogen-bond donors (Lipinski definition) is 1. The van der Waals surface area contributed by atoms with Gasteiger partial charge < -0.3 is 19.5 Å². The average Bonchev–Trinajstić information content (AvgIpc) is 2.54. The van der Waals surface area contributed by atoms with E-state index in [1.54, 1.807) is 14.2 Å². The molecule has 0 saturated carbocycles. The molecule has 0 atom stereocenters. The van der Waals surface area contributed by atoms with Gasteiger partial charge in [-0.05, 0) is 49.2 Å². The zero-order chi connectivity index (χ0) is 15.9. The summed E-state index contributed by atoms with van der Waals surface area (Å²) >= 11 is 0. The monoisotopic (exact) mass is 301 g/mol. The lowest BCUT2D eigenvalue weighted by Gasteiger charge is -2.14. The fourth-order valence-corrected chi connectivity index (χ4v) is 2.25. The van der Waals surface area contributed by atoms with Gasteiger partial charge in [0, 0.05) is 6.54 Å². The molecule has 0 saturated heterocycles. The van der Waals surface area contributed by atoms with Crippen molar-refractivity contribution in [2.75, 3.05) is 26.1 Å². The summed E-state index contributed by atoms with van der Waals surface area (Å²) < 4.78 is 16.3. The third-order valence-corrected chi connectivity index (χ3v) is 3.37. The number of ether oxygens (including phenoxy) is 3. The Morgan fingerprint density at radius 2 is 1.64 bits per heavy atom. The summed E-state index contributed by atoms with van der Waals surface area (Å²) in [4.78, 5) is 0.